The van der Waals surface area contributed by atoms with E-state index in [2.05, 4.69) is 37.4 Å². The first-order chi connectivity index (χ1) is 11.2. The molecule has 1 aliphatic heterocycles. The Morgan fingerprint density at radius 3 is 2.87 bits per heavy atom. The van der Waals surface area contributed by atoms with Crippen LogP contribution in [0.4, 0.5) is 0 Å². The van der Waals surface area contributed by atoms with E-state index in [0.717, 1.165) is 37.8 Å². The van der Waals surface area contributed by atoms with Crippen molar-refractivity contribution in [1.29, 1.82) is 0 Å². The monoisotopic (exact) mass is 319 g/mol. The Hall–Kier alpha value is -1.06. The molecule has 3 unspecified atom stereocenters. The summed E-state index contributed by atoms with van der Waals surface area (Å²) < 4.78 is 11.9. The average molecular weight is 319 g/mol. The summed E-state index contributed by atoms with van der Waals surface area (Å²) in [5.41, 5.74) is 2.93. The van der Waals surface area contributed by atoms with E-state index >= 15 is 0 Å². The third-order valence-electron chi connectivity index (χ3n) is 4.58. The lowest BCUT2D eigenvalue weighted by atomic mass is 9.82. The quantitative estimate of drug-likeness (QED) is 0.844. The third-order valence-corrected chi connectivity index (χ3v) is 4.58. The number of fused-ring (bicyclic) bond motifs is 1. The fraction of sp³-hybridized carbons (Fsp3) is 0.700. The van der Waals surface area contributed by atoms with E-state index in [4.69, 9.17) is 9.47 Å². The van der Waals surface area contributed by atoms with Crippen molar-refractivity contribution in [1.82, 2.24) is 5.32 Å². The molecule has 3 aliphatic rings. The fourth-order valence-electron chi connectivity index (χ4n) is 3.36. The lowest BCUT2D eigenvalue weighted by Gasteiger charge is -2.27. The highest BCUT2D eigenvalue weighted by Gasteiger charge is 2.23. The van der Waals surface area contributed by atoms with Gasteiger partial charge in [0.05, 0.1) is 6.61 Å². The van der Waals surface area contributed by atoms with E-state index in [0.29, 0.717) is 12.5 Å². The van der Waals surface area contributed by atoms with Gasteiger partial charge in [0, 0.05) is 13.1 Å². The van der Waals surface area contributed by atoms with Gasteiger partial charge in [0.1, 0.15) is 18.5 Å². The zero-order chi connectivity index (χ0) is 16.7. The van der Waals surface area contributed by atoms with Crippen LogP contribution in [0, 0.1) is 11.8 Å². The fourth-order valence-corrected chi connectivity index (χ4v) is 3.36. The zero-order valence-electron chi connectivity index (χ0n) is 15.2. The average Bonchev–Trinajstić information content (AvgIpc) is 2.73. The van der Waals surface area contributed by atoms with Gasteiger partial charge in [-0.25, -0.2) is 0 Å². The van der Waals surface area contributed by atoms with Crippen molar-refractivity contribution in [3.63, 3.8) is 0 Å². The lowest BCUT2D eigenvalue weighted by molar-refractivity contribution is -0.0142. The van der Waals surface area contributed by atoms with E-state index in [-0.39, 0.29) is 6.10 Å². The van der Waals surface area contributed by atoms with Crippen molar-refractivity contribution >= 4 is 0 Å². The van der Waals surface area contributed by atoms with Gasteiger partial charge in [-0.15, -0.1) is 0 Å². The van der Waals surface area contributed by atoms with Gasteiger partial charge in [-0.05, 0) is 48.3 Å². The molecule has 0 aromatic rings. The maximum atomic E-state index is 6.14. The smallest absolute Gasteiger partial charge is 0.122 e. The van der Waals surface area contributed by atoms with E-state index in [1.54, 1.807) is 0 Å². The van der Waals surface area contributed by atoms with Crippen LogP contribution in [0.1, 0.15) is 47.0 Å². The molecule has 0 spiro atoms. The summed E-state index contributed by atoms with van der Waals surface area (Å²) in [7, 11) is 0. The van der Waals surface area contributed by atoms with E-state index in [1.807, 2.05) is 13.8 Å². The normalized spacial score (nSPS) is 30.6. The number of hydrogen-bond donors (Lipinski definition) is 1. The van der Waals surface area contributed by atoms with Crippen LogP contribution >= 0.6 is 0 Å². The van der Waals surface area contributed by atoms with Crippen LogP contribution in [-0.4, -0.2) is 32.4 Å². The molecule has 1 saturated carbocycles. The summed E-state index contributed by atoms with van der Waals surface area (Å²) in [6.07, 6.45) is 10.6. The zero-order valence-corrected chi connectivity index (χ0v) is 15.2. The molecule has 0 aromatic carbocycles. The molecule has 3 rings (SSSR count). The first-order valence-corrected chi connectivity index (χ1v) is 9.30. The predicted octanol–water partition coefficient (Wildman–Crippen LogP) is 4.22. The molecule has 1 heterocycles. The highest BCUT2D eigenvalue weighted by atomic mass is 16.5. The Kier molecular flexibility index (Phi) is 7.38. The minimum Gasteiger partial charge on any atom is -0.491 e. The van der Waals surface area contributed by atoms with Crippen LogP contribution in [0.3, 0.4) is 0 Å². The van der Waals surface area contributed by atoms with Crippen LogP contribution in [0.5, 0.6) is 0 Å². The molecule has 3 heteroatoms. The number of morpholine rings is 1. The van der Waals surface area contributed by atoms with Crippen molar-refractivity contribution in [3.8, 4) is 0 Å². The van der Waals surface area contributed by atoms with Crippen molar-refractivity contribution in [2.75, 3.05) is 26.3 Å². The molecule has 0 aromatic heterocycles. The highest BCUT2D eigenvalue weighted by molar-refractivity contribution is 5.42. The molecule has 0 radical (unpaired) electrons. The maximum Gasteiger partial charge on any atom is 0.122 e. The molecule has 1 N–H and O–H groups in total. The summed E-state index contributed by atoms with van der Waals surface area (Å²) in [4.78, 5) is 0. The second-order valence-corrected chi connectivity index (χ2v) is 6.61. The molecule has 2 fully saturated rings. The van der Waals surface area contributed by atoms with Gasteiger partial charge >= 0.3 is 0 Å². The molecule has 0 amide bonds. The molecule has 3 nitrogen and oxygen atoms in total. The number of ether oxygens (including phenoxy) is 2. The van der Waals surface area contributed by atoms with Gasteiger partial charge in [0.25, 0.3) is 0 Å². The largest absolute Gasteiger partial charge is 0.491 e. The van der Waals surface area contributed by atoms with E-state index in [9.17, 15) is 0 Å². The molecule has 0 bridgehead atoms. The minimum absolute atomic E-state index is 0.177. The van der Waals surface area contributed by atoms with Crippen LogP contribution < -0.4 is 5.32 Å². The van der Waals surface area contributed by atoms with Gasteiger partial charge in [-0.2, -0.15) is 0 Å². The van der Waals surface area contributed by atoms with Gasteiger partial charge < -0.3 is 14.8 Å². The van der Waals surface area contributed by atoms with Crippen LogP contribution in [0.25, 0.3) is 0 Å². The molecule has 3 atom stereocenters. The van der Waals surface area contributed by atoms with Crippen LogP contribution in [0.15, 0.2) is 35.1 Å². The lowest BCUT2D eigenvalue weighted by Crippen LogP contribution is -2.40. The van der Waals surface area contributed by atoms with Gasteiger partial charge in [-0.3, -0.25) is 0 Å². The highest BCUT2D eigenvalue weighted by Crippen LogP contribution is 2.37. The summed E-state index contributed by atoms with van der Waals surface area (Å²) >= 11 is 0. The molecule has 23 heavy (non-hydrogen) atoms. The second-order valence-electron chi connectivity index (χ2n) is 6.61. The Balaban J connectivity index is 0.000000924. The van der Waals surface area contributed by atoms with Crippen molar-refractivity contribution in [2.45, 2.75) is 53.1 Å². The Morgan fingerprint density at radius 2 is 2.13 bits per heavy atom. The van der Waals surface area contributed by atoms with Crippen molar-refractivity contribution in [2.24, 2.45) is 11.8 Å². The van der Waals surface area contributed by atoms with Crippen LogP contribution in [0.2, 0.25) is 0 Å². The molecule has 130 valence electrons. The Bertz CT molecular complexity index is 458. The summed E-state index contributed by atoms with van der Waals surface area (Å²) in [6, 6.07) is 0. The molecular weight excluding hydrogens is 286 g/mol. The maximum absolute atomic E-state index is 6.14. The predicted molar refractivity (Wildman–Crippen MR) is 96.3 cm³/mol. The van der Waals surface area contributed by atoms with E-state index in [1.165, 1.54) is 24.0 Å². The van der Waals surface area contributed by atoms with Crippen molar-refractivity contribution < 1.29 is 9.47 Å². The van der Waals surface area contributed by atoms with Crippen molar-refractivity contribution in [3.05, 3.63) is 35.1 Å². The summed E-state index contributed by atoms with van der Waals surface area (Å²) in [6.45, 7) is 11.9. The first-order valence-electron chi connectivity index (χ1n) is 9.30. The number of allylic oxidation sites excluding steroid dienone is 5. The Morgan fingerprint density at radius 1 is 1.30 bits per heavy atom. The minimum atomic E-state index is 0.177. The summed E-state index contributed by atoms with van der Waals surface area (Å²) in [5.74, 6) is 2.36. The Labute approximate surface area is 141 Å². The topological polar surface area (TPSA) is 30.5 Å². The second kappa shape index (κ2) is 9.29. The molecule has 1 saturated heterocycles. The molecule has 2 aliphatic carbocycles. The van der Waals surface area contributed by atoms with Gasteiger partial charge in [-0.1, -0.05) is 39.8 Å². The van der Waals surface area contributed by atoms with Gasteiger partial charge in [0.15, 0.2) is 0 Å². The van der Waals surface area contributed by atoms with E-state index < -0.39 is 0 Å². The third kappa shape index (κ3) is 5.22. The number of hydrogen-bond acceptors (Lipinski definition) is 3. The number of nitrogens with one attached hydrogen (secondary N) is 1. The van der Waals surface area contributed by atoms with Gasteiger partial charge in [0.2, 0.25) is 0 Å². The SMILES string of the molecule is CC.CC1C=CC(OCC2CNCCO2)=C2CCC(C)CC2=C1. The first kappa shape index (κ1) is 18.3. The standard InChI is InChI=1S/C18H27NO2.C2H6/c1-13-3-5-17-15(9-13)10-14(2)4-6-18(17)21-12-16-11-19-7-8-20-16;1-2/h4,6,10,13-14,16,19H,3,5,7-9,11-12H2,1-2H3;1-2H3. The number of rotatable bonds is 3. The molecular formula is C20H33NO2. The van der Waals surface area contributed by atoms with Crippen LogP contribution in [-0.2, 0) is 9.47 Å². The summed E-state index contributed by atoms with van der Waals surface area (Å²) in [5, 5.41) is 3.35.